The van der Waals surface area contributed by atoms with E-state index in [1.54, 1.807) is 0 Å². The first-order valence-electron chi connectivity index (χ1n) is 5.96. The van der Waals surface area contributed by atoms with E-state index in [9.17, 15) is 0 Å². The van der Waals surface area contributed by atoms with Crippen molar-refractivity contribution < 1.29 is 5.11 Å². The van der Waals surface area contributed by atoms with Gasteiger partial charge in [0.2, 0.25) is 0 Å². The molecule has 0 aromatic rings. The molecule has 0 bridgehead atoms. The molecule has 15 heavy (non-hydrogen) atoms. The van der Waals surface area contributed by atoms with Gasteiger partial charge in [-0.3, -0.25) is 0 Å². The monoisotopic (exact) mass is 217 g/mol. The largest absolute Gasteiger partial charge is 0.400 e. The maximum atomic E-state index is 7.00. The smallest absolute Gasteiger partial charge is 0.0319 e. The second kappa shape index (κ2) is 23.5. The van der Waals surface area contributed by atoms with Crippen molar-refractivity contribution in [2.24, 2.45) is 0 Å². The molecule has 0 rings (SSSR count). The van der Waals surface area contributed by atoms with Crippen LogP contribution in [0.3, 0.4) is 0 Å². The van der Waals surface area contributed by atoms with Gasteiger partial charge in [-0.15, -0.1) is 6.58 Å². The minimum absolute atomic E-state index is 1.00. The molecule has 0 aliphatic rings. The third-order valence-electron chi connectivity index (χ3n) is 1.91. The molecule has 1 N–H and O–H groups in total. The lowest BCUT2D eigenvalue weighted by Gasteiger charge is -2.10. The van der Waals surface area contributed by atoms with Crippen molar-refractivity contribution in [3.63, 3.8) is 0 Å². The van der Waals surface area contributed by atoms with E-state index in [0.29, 0.717) is 0 Å². The number of hydrogen-bond donors (Lipinski definition) is 1. The van der Waals surface area contributed by atoms with E-state index < -0.39 is 0 Å². The highest BCUT2D eigenvalue weighted by atomic mass is 16.2. The van der Waals surface area contributed by atoms with Crippen LogP contribution in [-0.2, 0) is 0 Å². The molecule has 0 heterocycles. The van der Waals surface area contributed by atoms with Crippen LogP contribution in [0.5, 0.6) is 0 Å². The van der Waals surface area contributed by atoms with Crippen molar-refractivity contribution in [2.75, 3.05) is 27.2 Å². The normalized spacial score (nSPS) is 8.47. The van der Waals surface area contributed by atoms with E-state index in [-0.39, 0.29) is 0 Å². The number of nitrogens with zero attached hydrogens (tertiary/aromatic N) is 1. The van der Waals surface area contributed by atoms with Crippen LogP contribution in [0.4, 0.5) is 0 Å². The maximum Gasteiger partial charge on any atom is 0.0319 e. The molecule has 2 nitrogen and oxygen atoms in total. The molecule has 0 spiro atoms. The molecular formula is C13H31NO. The molecule has 0 amide bonds. The second-order valence-corrected chi connectivity index (χ2v) is 3.33. The number of rotatable bonds is 6. The van der Waals surface area contributed by atoms with Gasteiger partial charge in [-0.05, 0) is 33.0 Å². The number of unbranched alkanes of at least 4 members (excludes halogenated alkanes) is 2. The molecule has 0 aromatic carbocycles. The van der Waals surface area contributed by atoms with E-state index in [4.69, 9.17) is 5.11 Å². The predicted octanol–water partition coefficient (Wildman–Crippen LogP) is 3.32. The zero-order valence-electron chi connectivity index (χ0n) is 11.4. The van der Waals surface area contributed by atoms with Crippen LogP contribution in [0, 0.1) is 0 Å². The van der Waals surface area contributed by atoms with Gasteiger partial charge in [0.15, 0.2) is 0 Å². The molecule has 0 saturated heterocycles. The average Bonchev–Trinajstić information content (AvgIpc) is 2.30. The molecule has 94 valence electrons. The summed E-state index contributed by atoms with van der Waals surface area (Å²) in [6.45, 7) is 12.6. The highest BCUT2D eigenvalue weighted by Crippen LogP contribution is 1.91. The van der Waals surface area contributed by atoms with Gasteiger partial charge in [-0.1, -0.05) is 39.7 Å². The highest BCUT2D eigenvalue weighted by Gasteiger charge is 1.86. The summed E-state index contributed by atoms with van der Waals surface area (Å²) >= 11 is 0. The summed E-state index contributed by atoms with van der Waals surface area (Å²) in [6, 6.07) is 0. The summed E-state index contributed by atoms with van der Waals surface area (Å²) in [7, 11) is 3.14. The minimum Gasteiger partial charge on any atom is -0.400 e. The van der Waals surface area contributed by atoms with Crippen LogP contribution in [-0.4, -0.2) is 37.3 Å². The van der Waals surface area contributed by atoms with Crippen molar-refractivity contribution in [3.8, 4) is 0 Å². The van der Waals surface area contributed by atoms with Crippen LogP contribution >= 0.6 is 0 Å². The van der Waals surface area contributed by atoms with Crippen LogP contribution in [0.15, 0.2) is 12.7 Å². The van der Waals surface area contributed by atoms with Gasteiger partial charge < -0.3 is 10.0 Å². The number of allylic oxidation sites excluding steroid dienone is 1. The van der Waals surface area contributed by atoms with E-state index >= 15 is 0 Å². The van der Waals surface area contributed by atoms with Crippen molar-refractivity contribution in [1.82, 2.24) is 4.90 Å². The summed E-state index contributed by atoms with van der Waals surface area (Å²) in [6.07, 6.45) is 6.99. The third-order valence-corrected chi connectivity index (χ3v) is 1.91. The Hall–Kier alpha value is -0.340. The van der Waals surface area contributed by atoms with Crippen molar-refractivity contribution in [3.05, 3.63) is 12.7 Å². The van der Waals surface area contributed by atoms with Crippen molar-refractivity contribution in [2.45, 2.75) is 46.5 Å². The molecule has 0 aromatic heterocycles. The van der Waals surface area contributed by atoms with Crippen LogP contribution < -0.4 is 0 Å². The Morgan fingerprint density at radius 1 is 1.13 bits per heavy atom. The molecule has 0 unspecified atom stereocenters. The van der Waals surface area contributed by atoms with Crippen molar-refractivity contribution >= 4 is 0 Å². The Morgan fingerprint density at radius 3 is 1.80 bits per heavy atom. The molecule has 2 heteroatoms. The summed E-state index contributed by atoms with van der Waals surface area (Å²) < 4.78 is 0. The summed E-state index contributed by atoms with van der Waals surface area (Å²) in [5.74, 6) is 0. The Balaban J connectivity index is -0.000000166. The Kier molecular flexibility index (Phi) is 31.5. The van der Waals surface area contributed by atoms with Crippen LogP contribution in [0.25, 0.3) is 0 Å². The third kappa shape index (κ3) is 31.7. The first-order valence-corrected chi connectivity index (χ1v) is 5.96. The molecule has 0 radical (unpaired) electrons. The average molecular weight is 217 g/mol. The van der Waals surface area contributed by atoms with Gasteiger partial charge in [0.1, 0.15) is 0 Å². The second-order valence-electron chi connectivity index (χ2n) is 3.33. The van der Waals surface area contributed by atoms with Gasteiger partial charge in [-0.25, -0.2) is 0 Å². The Bertz CT molecular complexity index is 94.5. The Morgan fingerprint density at radius 2 is 1.67 bits per heavy atom. The summed E-state index contributed by atoms with van der Waals surface area (Å²) in [5.41, 5.74) is 0. The number of aliphatic hydroxyl groups excluding tert-OH is 1. The van der Waals surface area contributed by atoms with Crippen molar-refractivity contribution in [1.29, 1.82) is 0 Å². The zero-order chi connectivity index (χ0) is 12.5. The van der Waals surface area contributed by atoms with Gasteiger partial charge in [0, 0.05) is 7.11 Å². The van der Waals surface area contributed by atoms with Crippen LogP contribution in [0.2, 0.25) is 0 Å². The number of hydrogen-bond acceptors (Lipinski definition) is 2. The molecule has 0 aliphatic carbocycles. The quantitative estimate of drug-likeness (QED) is 0.545. The molecule has 0 fully saturated rings. The molecule has 0 saturated carbocycles. The lowest BCUT2D eigenvalue weighted by atomic mass is 10.3. The van der Waals surface area contributed by atoms with Gasteiger partial charge >= 0.3 is 0 Å². The topological polar surface area (TPSA) is 23.5 Å². The van der Waals surface area contributed by atoms with Gasteiger partial charge in [0.05, 0.1) is 0 Å². The van der Waals surface area contributed by atoms with E-state index in [1.807, 2.05) is 6.08 Å². The molecular weight excluding hydrogens is 186 g/mol. The predicted molar refractivity (Wildman–Crippen MR) is 71.3 cm³/mol. The molecule has 0 atom stereocenters. The fourth-order valence-electron chi connectivity index (χ4n) is 0.888. The highest BCUT2D eigenvalue weighted by molar-refractivity contribution is 4.64. The maximum absolute atomic E-state index is 7.00. The standard InChI is InChI=1S/C6H15N.C6H12.CH4O/c1-4-6-7(3)5-2;1-3-5-6-4-2;1-2/h4-6H2,1-3H3;3H,1,4-6H2,2H3;2H,1H3. The first kappa shape index (κ1) is 20.1. The summed E-state index contributed by atoms with van der Waals surface area (Å²) in [4.78, 5) is 2.31. The van der Waals surface area contributed by atoms with E-state index in [1.165, 1.54) is 38.8 Å². The lowest BCUT2D eigenvalue weighted by molar-refractivity contribution is 0.353. The Labute approximate surface area is 97.0 Å². The lowest BCUT2D eigenvalue weighted by Crippen LogP contribution is -2.17. The fourth-order valence-corrected chi connectivity index (χ4v) is 0.888. The number of aliphatic hydroxyl groups is 1. The van der Waals surface area contributed by atoms with Crippen LogP contribution in [0.1, 0.15) is 46.5 Å². The van der Waals surface area contributed by atoms with E-state index in [0.717, 1.165) is 7.11 Å². The zero-order valence-corrected chi connectivity index (χ0v) is 11.4. The summed E-state index contributed by atoms with van der Waals surface area (Å²) in [5, 5.41) is 7.00. The minimum atomic E-state index is 1.00. The van der Waals surface area contributed by atoms with Gasteiger partial charge in [-0.2, -0.15) is 0 Å². The fraction of sp³-hybridized carbons (Fsp3) is 0.846. The SMILES string of the molecule is C=CCCCC.CCCN(C)CC.CO. The first-order chi connectivity index (χ1) is 7.22. The van der Waals surface area contributed by atoms with E-state index in [2.05, 4.69) is 39.3 Å². The van der Waals surface area contributed by atoms with Gasteiger partial charge in [0.25, 0.3) is 0 Å². The molecule has 0 aliphatic heterocycles.